The summed E-state index contributed by atoms with van der Waals surface area (Å²) in [5.74, 6) is 0. The zero-order valence-corrected chi connectivity index (χ0v) is 12.8. The van der Waals surface area contributed by atoms with E-state index in [1.54, 1.807) is 49.5 Å². The summed E-state index contributed by atoms with van der Waals surface area (Å²) in [6.45, 7) is 0. The molecule has 23 heavy (non-hydrogen) atoms. The van der Waals surface area contributed by atoms with E-state index in [2.05, 4.69) is 20.3 Å². The van der Waals surface area contributed by atoms with Crippen LogP contribution in [0.5, 0.6) is 0 Å². The molecule has 1 rings (SSSR count). The Hall–Kier alpha value is -3.27. The average Bonchev–Trinajstić information content (AvgIpc) is 2.56. The third-order valence-corrected chi connectivity index (χ3v) is 2.20. The number of aliphatic imine (C=N–C) groups is 3. The molecular formula is C19H20N4. The molecule has 1 aliphatic heterocycles. The van der Waals surface area contributed by atoms with Gasteiger partial charge in [-0.2, -0.15) is 0 Å². The second-order valence-corrected chi connectivity index (χ2v) is 3.96. The maximum Gasteiger partial charge on any atom is 0.0283 e. The molecule has 1 aliphatic rings. The second kappa shape index (κ2) is 15.1. The second-order valence-electron chi connectivity index (χ2n) is 3.96. The Labute approximate surface area is 137 Å². The van der Waals surface area contributed by atoms with Crippen molar-refractivity contribution < 1.29 is 0 Å². The van der Waals surface area contributed by atoms with E-state index in [9.17, 15) is 0 Å². The Morgan fingerprint density at radius 1 is 0.391 bits per heavy atom. The van der Waals surface area contributed by atoms with Crippen molar-refractivity contribution in [3.8, 4) is 0 Å². The molecule has 0 bridgehead atoms. The zero-order valence-electron chi connectivity index (χ0n) is 12.8. The van der Waals surface area contributed by atoms with Gasteiger partial charge in [-0.25, -0.2) is 0 Å². The molecule has 0 aromatic heterocycles. The van der Waals surface area contributed by atoms with Crippen molar-refractivity contribution >= 4 is 18.6 Å². The van der Waals surface area contributed by atoms with Crippen molar-refractivity contribution in [1.29, 1.82) is 0 Å². The molecule has 0 radical (unpaired) electrons. The van der Waals surface area contributed by atoms with Crippen molar-refractivity contribution in [2.24, 2.45) is 15.0 Å². The normalized spacial score (nSPS) is 31.3. The largest absolute Gasteiger partial charge is 0.368 e. The molecule has 0 amide bonds. The maximum absolute atomic E-state index is 4.09. The third kappa shape index (κ3) is 13.5. The van der Waals surface area contributed by atoms with Gasteiger partial charge in [0.05, 0.1) is 0 Å². The number of nitrogens with zero attached hydrogens (tertiary/aromatic N) is 3. The standard InChI is InChI=1S/C19H20N4/c1-2-6-12-20-16-10-18-22-14-8-4-5-9-15-23-19-11-17-21-13-7-3-1/h1-20H/b2-1-,5-4-,7-3-,12-6-,14-8-,15-9-,16-10-,17-11-,21-13+,22-18-,23-19-. The fourth-order valence-corrected chi connectivity index (χ4v) is 1.22. The molecule has 0 saturated heterocycles. The predicted molar refractivity (Wildman–Crippen MR) is 102 cm³/mol. The van der Waals surface area contributed by atoms with Gasteiger partial charge < -0.3 is 5.32 Å². The van der Waals surface area contributed by atoms with Crippen molar-refractivity contribution in [2.75, 3.05) is 0 Å². The Bertz CT molecular complexity index is 568. The molecule has 0 saturated carbocycles. The van der Waals surface area contributed by atoms with Gasteiger partial charge in [0.15, 0.2) is 0 Å². The van der Waals surface area contributed by atoms with Crippen LogP contribution in [0, 0.1) is 0 Å². The Morgan fingerprint density at radius 3 is 1.65 bits per heavy atom. The fraction of sp³-hybridized carbons (Fsp3) is 0. The summed E-state index contributed by atoms with van der Waals surface area (Å²) in [4.78, 5) is 12.2. The van der Waals surface area contributed by atoms with Gasteiger partial charge in [-0.05, 0) is 36.5 Å². The molecule has 1 N–H and O–H groups in total. The lowest BCUT2D eigenvalue weighted by atomic mass is 10.4. The maximum atomic E-state index is 4.09. The van der Waals surface area contributed by atoms with Gasteiger partial charge in [0.1, 0.15) is 0 Å². The summed E-state index contributed by atoms with van der Waals surface area (Å²) >= 11 is 0. The summed E-state index contributed by atoms with van der Waals surface area (Å²) in [7, 11) is 0. The molecule has 0 atom stereocenters. The molecule has 0 spiro atoms. The highest BCUT2D eigenvalue weighted by molar-refractivity contribution is 5.74. The van der Waals surface area contributed by atoms with E-state index in [1.807, 2.05) is 67.0 Å². The van der Waals surface area contributed by atoms with Crippen LogP contribution in [0.15, 0.2) is 113 Å². The van der Waals surface area contributed by atoms with Gasteiger partial charge in [0, 0.05) is 49.6 Å². The van der Waals surface area contributed by atoms with Crippen LogP contribution < -0.4 is 5.32 Å². The molecule has 116 valence electrons. The van der Waals surface area contributed by atoms with Crippen molar-refractivity contribution in [1.82, 2.24) is 5.32 Å². The van der Waals surface area contributed by atoms with E-state index in [0.29, 0.717) is 0 Å². The van der Waals surface area contributed by atoms with Gasteiger partial charge in [-0.1, -0.05) is 30.4 Å². The van der Waals surface area contributed by atoms with Gasteiger partial charge in [-0.15, -0.1) is 0 Å². The van der Waals surface area contributed by atoms with Gasteiger partial charge in [0.25, 0.3) is 0 Å². The number of rotatable bonds is 0. The zero-order chi connectivity index (χ0) is 16.3. The van der Waals surface area contributed by atoms with Crippen molar-refractivity contribution in [2.45, 2.75) is 0 Å². The fourth-order valence-electron chi connectivity index (χ4n) is 1.22. The first kappa shape index (κ1) is 17.8. The first-order chi connectivity index (χ1) is 11.5. The van der Waals surface area contributed by atoms with Gasteiger partial charge >= 0.3 is 0 Å². The third-order valence-electron chi connectivity index (χ3n) is 2.20. The molecule has 0 aliphatic carbocycles. The van der Waals surface area contributed by atoms with Crippen LogP contribution >= 0.6 is 0 Å². The molecule has 1 heterocycles. The molecular weight excluding hydrogens is 284 g/mol. The minimum atomic E-state index is 1.67. The summed E-state index contributed by atoms with van der Waals surface area (Å²) < 4.78 is 0. The van der Waals surface area contributed by atoms with Crippen LogP contribution in [-0.2, 0) is 0 Å². The highest BCUT2D eigenvalue weighted by Crippen LogP contribution is 1.83. The Balaban J connectivity index is 2.63. The molecule has 4 nitrogen and oxygen atoms in total. The van der Waals surface area contributed by atoms with Crippen LogP contribution in [-0.4, -0.2) is 18.6 Å². The molecule has 0 aromatic rings. The molecule has 4 heteroatoms. The topological polar surface area (TPSA) is 49.1 Å². The van der Waals surface area contributed by atoms with Crippen molar-refractivity contribution in [3.63, 3.8) is 0 Å². The lowest BCUT2D eigenvalue weighted by molar-refractivity contribution is 1.20. The molecule has 0 unspecified atom stereocenters. The van der Waals surface area contributed by atoms with Gasteiger partial charge in [0.2, 0.25) is 0 Å². The van der Waals surface area contributed by atoms with Crippen LogP contribution in [0.2, 0.25) is 0 Å². The summed E-state index contributed by atoms with van der Waals surface area (Å²) in [5, 5.41) is 3.01. The predicted octanol–water partition coefficient (Wildman–Crippen LogP) is 4.04. The van der Waals surface area contributed by atoms with Crippen LogP contribution in [0.4, 0.5) is 0 Å². The van der Waals surface area contributed by atoms with Crippen LogP contribution in [0.25, 0.3) is 0 Å². The van der Waals surface area contributed by atoms with Crippen molar-refractivity contribution in [3.05, 3.63) is 97.8 Å². The lowest BCUT2D eigenvalue weighted by Gasteiger charge is -1.84. The Kier molecular flexibility index (Phi) is 11.7. The molecule has 0 aromatic carbocycles. The minimum absolute atomic E-state index is 1.67. The van der Waals surface area contributed by atoms with Crippen LogP contribution in [0.1, 0.15) is 0 Å². The summed E-state index contributed by atoms with van der Waals surface area (Å²) in [6, 6.07) is 0. The average molecular weight is 304 g/mol. The summed E-state index contributed by atoms with van der Waals surface area (Å²) in [5.41, 5.74) is 0. The van der Waals surface area contributed by atoms with Gasteiger partial charge in [-0.3, -0.25) is 15.0 Å². The monoisotopic (exact) mass is 304 g/mol. The van der Waals surface area contributed by atoms with E-state index in [-0.39, 0.29) is 0 Å². The highest BCUT2D eigenvalue weighted by atomic mass is 14.8. The SMILES string of the molecule is C1=C\C=C/N/C=C\C=N/C=C\C=C/C=C\N=C/C=C\N=C\C=C/1. The number of hydrogen-bond donors (Lipinski definition) is 1. The number of allylic oxidation sites excluding steroid dienone is 11. The lowest BCUT2D eigenvalue weighted by Crippen LogP contribution is -1.90. The number of hydrogen-bond acceptors (Lipinski definition) is 4. The molecule has 0 fully saturated rings. The van der Waals surface area contributed by atoms with E-state index in [0.717, 1.165) is 0 Å². The van der Waals surface area contributed by atoms with E-state index < -0.39 is 0 Å². The van der Waals surface area contributed by atoms with E-state index >= 15 is 0 Å². The van der Waals surface area contributed by atoms with E-state index in [1.165, 1.54) is 0 Å². The first-order valence-electron chi connectivity index (χ1n) is 7.13. The Morgan fingerprint density at radius 2 is 0.870 bits per heavy atom. The number of nitrogens with one attached hydrogen (secondary N) is 1. The minimum Gasteiger partial charge on any atom is -0.368 e. The smallest absolute Gasteiger partial charge is 0.0283 e. The first-order valence-corrected chi connectivity index (χ1v) is 7.13. The van der Waals surface area contributed by atoms with Crippen LogP contribution in [0.3, 0.4) is 0 Å². The quantitative estimate of drug-likeness (QED) is 0.721. The summed E-state index contributed by atoms with van der Waals surface area (Å²) in [6.07, 6.45) is 34.3. The van der Waals surface area contributed by atoms with E-state index in [4.69, 9.17) is 0 Å². The highest BCUT2D eigenvalue weighted by Gasteiger charge is 1.68.